The summed E-state index contributed by atoms with van der Waals surface area (Å²) in [5.74, 6) is 0.283. The highest BCUT2D eigenvalue weighted by atomic mass is 16.2. The van der Waals surface area contributed by atoms with Gasteiger partial charge in [-0.25, -0.2) is 4.79 Å². The van der Waals surface area contributed by atoms with Gasteiger partial charge in [0.05, 0.1) is 0 Å². The highest BCUT2D eigenvalue weighted by Gasteiger charge is 2.24. The van der Waals surface area contributed by atoms with Gasteiger partial charge in [0.2, 0.25) is 0 Å². The average molecular weight is 384 g/mol. The highest BCUT2D eigenvalue weighted by molar-refractivity contribution is 5.94. The van der Waals surface area contributed by atoms with Crippen LogP contribution in [-0.2, 0) is 0 Å². The average Bonchev–Trinajstić information content (AvgIpc) is 2.75. The molecule has 1 aliphatic carbocycles. The first-order chi connectivity index (χ1) is 13.7. The molecular weight excluding hydrogens is 350 g/mol. The largest absolute Gasteiger partial charge is 0.352 e. The molecule has 1 aliphatic heterocycles. The van der Waals surface area contributed by atoms with Crippen molar-refractivity contribution in [2.24, 2.45) is 0 Å². The molecule has 1 aromatic rings. The Hall–Kier alpha value is -2.30. The second-order valence-corrected chi connectivity index (χ2v) is 7.86. The zero-order valence-electron chi connectivity index (χ0n) is 17.0. The highest BCUT2D eigenvalue weighted by Crippen LogP contribution is 2.27. The van der Waals surface area contributed by atoms with Crippen LogP contribution >= 0.6 is 0 Å². The monoisotopic (exact) mass is 383 g/mol. The molecule has 152 valence electrons. The number of allylic oxidation sites excluding steroid dienone is 1. The van der Waals surface area contributed by atoms with Gasteiger partial charge in [-0.15, -0.1) is 0 Å². The van der Waals surface area contributed by atoms with Gasteiger partial charge in [-0.1, -0.05) is 23.8 Å². The minimum absolute atomic E-state index is 0.00495. The van der Waals surface area contributed by atoms with E-state index in [0.29, 0.717) is 25.2 Å². The molecule has 1 atom stereocenters. The molecule has 28 heavy (non-hydrogen) atoms. The number of likely N-dealkylation sites (tertiary alicyclic amines) is 1. The fraction of sp³-hybridized carbons (Fsp3) is 0.565. The first-order valence-electron chi connectivity index (χ1n) is 10.8. The van der Waals surface area contributed by atoms with Crippen LogP contribution in [0.5, 0.6) is 0 Å². The SMILES string of the molecule is CCNC(=O)N1CCC[C@@H](c2cccc(C(=O)NCCC3=CCCCC3)c2)C1. The van der Waals surface area contributed by atoms with E-state index >= 15 is 0 Å². The van der Waals surface area contributed by atoms with Crippen molar-refractivity contribution in [3.63, 3.8) is 0 Å². The lowest BCUT2D eigenvalue weighted by Crippen LogP contribution is -2.44. The van der Waals surface area contributed by atoms with Gasteiger partial charge in [0, 0.05) is 37.7 Å². The van der Waals surface area contributed by atoms with E-state index in [4.69, 9.17) is 0 Å². The summed E-state index contributed by atoms with van der Waals surface area (Å²) in [6.07, 6.45) is 10.3. The van der Waals surface area contributed by atoms with Crippen LogP contribution in [0.1, 0.15) is 73.7 Å². The van der Waals surface area contributed by atoms with Crippen molar-refractivity contribution >= 4 is 11.9 Å². The smallest absolute Gasteiger partial charge is 0.317 e. The second-order valence-electron chi connectivity index (χ2n) is 7.86. The predicted molar refractivity (Wildman–Crippen MR) is 113 cm³/mol. The van der Waals surface area contributed by atoms with Crippen molar-refractivity contribution < 1.29 is 9.59 Å². The third-order valence-corrected chi connectivity index (χ3v) is 5.77. The molecular formula is C23H33N3O2. The quantitative estimate of drug-likeness (QED) is 0.723. The summed E-state index contributed by atoms with van der Waals surface area (Å²) in [5, 5.41) is 5.95. The number of carbonyl (C=O) groups is 2. The van der Waals surface area contributed by atoms with Crippen LogP contribution in [-0.4, -0.2) is 43.0 Å². The Morgan fingerprint density at radius 3 is 2.86 bits per heavy atom. The summed E-state index contributed by atoms with van der Waals surface area (Å²) in [6.45, 7) is 4.80. The maximum absolute atomic E-state index is 12.6. The van der Waals surface area contributed by atoms with Crippen LogP contribution in [0.15, 0.2) is 35.9 Å². The third-order valence-electron chi connectivity index (χ3n) is 5.77. The Morgan fingerprint density at radius 1 is 1.18 bits per heavy atom. The molecule has 0 unspecified atom stereocenters. The molecule has 5 heteroatoms. The Labute approximate surface area is 168 Å². The van der Waals surface area contributed by atoms with Crippen LogP contribution in [0.25, 0.3) is 0 Å². The molecule has 0 saturated carbocycles. The first kappa shape index (κ1) is 20.4. The van der Waals surface area contributed by atoms with E-state index in [1.165, 1.54) is 31.3 Å². The molecule has 2 N–H and O–H groups in total. The Bertz CT molecular complexity index is 714. The van der Waals surface area contributed by atoms with Crippen LogP contribution in [0.2, 0.25) is 0 Å². The van der Waals surface area contributed by atoms with Gasteiger partial charge in [0.25, 0.3) is 5.91 Å². The second kappa shape index (κ2) is 10.3. The number of benzene rings is 1. The molecule has 1 aromatic carbocycles. The molecule has 2 aliphatic rings. The molecule has 3 rings (SSSR count). The Morgan fingerprint density at radius 2 is 2.07 bits per heavy atom. The van der Waals surface area contributed by atoms with Gasteiger partial charge in [-0.2, -0.15) is 0 Å². The standard InChI is InChI=1S/C23H33N3O2/c1-2-24-23(28)26-15-7-12-21(17-26)19-10-6-11-20(16-19)22(27)25-14-13-18-8-4-3-5-9-18/h6,8,10-11,16,21H,2-5,7,9,12-15,17H2,1H3,(H,24,28)(H,25,27)/t21-/m1/s1. The summed E-state index contributed by atoms with van der Waals surface area (Å²) >= 11 is 0. The van der Waals surface area contributed by atoms with Crippen LogP contribution < -0.4 is 10.6 Å². The lowest BCUT2D eigenvalue weighted by molar-refractivity contribution is 0.0953. The first-order valence-corrected chi connectivity index (χ1v) is 10.8. The normalized spacial score (nSPS) is 19.7. The van der Waals surface area contributed by atoms with E-state index in [-0.39, 0.29) is 17.9 Å². The van der Waals surface area contributed by atoms with Crippen molar-refractivity contribution in [3.8, 4) is 0 Å². The maximum atomic E-state index is 12.6. The summed E-state index contributed by atoms with van der Waals surface area (Å²) in [6, 6.07) is 7.93. The van der Waals surface area contributed by atoms with Crippen molar-refractivity contribution in [1.29, 1.82) is 0 Å². The van der Waals surface area contributed by atoms with E-state index in [2.05, 4.69) is 22.8 Å². The third kappa shape index (κ3) is 5.60. The molecule has 0 spiro atoms. The number of hydrogen-bond acceptors (Lipinski definition) is 2. The van der Waals surface area contributed by atoms with Crippen molar-refractivity contribution in [2.45, 2.75) is 57.8 Å². The van der Waals surface area contributed by atoms with Crippen molar-refractivity contribution in [2.75, 3.05) is 26.2 Å². The number of carbonyl (C=O) groups excluding carboxylic acids is 2. The van der Waals surface area contributed by atoms with Gasteiger partial charge in [-0.05, 0) is 69.6 Å². The summed E-state index contributed by atoms with van der Waals surface area (Å²) in [5.41, 5.74) is 3.34. The van der Waals surface area contributed by atoms with Gasteiger partial charge < -0.3 is 15.5 Å². The molecule has 5 nitrogen and oxygen atoms in total. The van der Waals surface area contributed by atoms with Gasteiger partial charge in [0.15, 0.2) is 0 Å². The molecule has 0 bridgehead atoms. The maximum Gasteiger partial charge on any atom is 0.317 e. The van der Waals surface area contributed by atoms with Crippen molar-refractivity contribution in [1.82, 2.24) is 15.5 Å². The van der Waals surface area contributed by atoms with E-state index in [1.807, 2.05) is 30.0 Å². The lowest BCUT2D eigenvalue weighted by Gasteiger charge is -2.33. The molecule has 1 saturated heterocycles. The lowest BCUT2D eigenvalue weighted by atomic mass is 9.89. The Kier molecular flexibility index (Phi) is 7.52. The number of piperidine rings is 1. The number of nitrogens with one attached hydrogen (secondary N) is 2. The van der Waals surface area contributed by atoms with E-state index < -0.39 is 0 Å². The molecule has 1 heterocycles. The number of hydrogen-bond donors (Lipinski definition) is 2. The minimum Gasteiger partial charge on any atom is -0.352 e. The molecule has 0 radical (unpaired) electrons. The van der Waals surface area contributed by atoms with E-state index in [1.54, 1.807) is 0 Å². The fourth-order valence-corrected chi connectivity index (χ4v) is 4.20. The molecule has 0 aromatic heterocycles. The van der Waals surface area contributed by atoms with Crippen LogP contribution in [0, 0.1) is 0 Å². The Balaban J connectivity index is 1.56. The fourth-order valence-electron chi connectivity index (χ4n) is 4.20. The van der Waals surface area contributed by atoms with Gasteiger partial charge >= 0.3 is 6.03 Å². The van der Waals surface area contributed by atoms with E-state index in [9.17, 15) is 9.59 Å². The molecule has 1 fully saturated rings. The van der Waals surface area contributed by atoms with Crippen LogP contribution in [0.3, 0.4) is 0 Å². The van der Waals surface area contributed by atoms with E-state index in [0.717, 1.165) is 31.4 Å². The summed E-state index contributed by atoms with van der Waals surface area (Å²) in [4.78, 5) is 26.6. The van der Waals surface area contributed by atoms with Crippen LogP contribution in [0.4, 0.5) is 4.79 Å². The molecule has 3 amide bonds. The number of amides is 3. The minimum atomic E-state index is -0.00495. The number of nitrogens with zero attached hydrogens (tertiary/aromatic N) is 1. The number of rotatable bonds is 6. The zero-order valence-corrected chi connectivity index (χ0v) is 17.0. The zero-order chi connectivity index (χ0) is 19.8. The van der Waals surface area contributed by atoms with Gasteiger partial charge in [0.1, 0.15) is 0 Å². The van der Waals surface area contributed by atoms with Crippen molar-refractivity contribution in [3.05, 3.63) is 47.0 Å². The predicted octanol–water partition coefficient (Wildman–Crippen LogP) is 4.22. The summed E-state index contributed by atoms with van der Waals surface area (Å²) in [7, 11) is 0. The number of urea groups is 1. The topological polar surface area (TPSA) is 61.4 Å². The van der Waals surface area contributed by atoms with Gasteiger partial charge in [-0.3, -0.25) is 4.79 Å². The summed E-state index contributed by atoms with van der Waals surface area (Å²) < 4.78 is 0.